The molecule has 0 aliphatic carbocycles. The van der Waals surface area contributed by atoms with Crippen molar-refractivity contribution < 1.29 is 23.8 Å². The molecule has 0 radical (unpaired) electrons. The lowest BCUT2D eigenvalue weighted by molar-refractivity contribution is -0.115. The molecule has 0 saturated heterocycles. The number of carbonyl (C=O) groups excluding carboxylic acids is 2. The van der Waals surface area contributed by atoms with Crippen molar-refractivity contribution in [3.63, 3.8) is 0 Å². The van der Waals surface area contributed by atoms with Crippen LogP contribution in [0.3, 0.4) is 0 Å². The summed E-state index contributed by atoms with van der Waals surface area (Å²) in [6.45, 7) is 4.52. The van der Waals surface area contributed by atoms with Crippen LogP contribution in [0.1, 0.15) is 30.6 Å². The fourth-order valence-corrected chi connectivity index (χ4v) is 5.68. The summed E-state index contributed by atoms with van der Waals surface area (Å²) >= 11 is 2.81. The standard InChI is InChI=1S/C30H31N3O5S2/c1-5-26(28(34)33-30-32-23(18-39-30)19-13-15-21(16-14-19)38-6-2)40-22-10-7-9-20(17-22)31-29(35)27-24(36-3)11-8-12-25(27)37-4/h7-18,26H,5-6H2,1-4H3,(H,31,35)(H,32,33,34). The summed E-state index contributed by atoms with van der Waals surface area (Å²) in [7, 11) is 3.01. The quantitative estimate of drug-likeness (QED) is 0.175. The topological polar surface area (TPSA) is 98.8 Å². The number of nitrogens with zero attached hydrogens (tertiary/aromatic N) is 1. The van der Waals surface area contributed by atoms with E-state index < -0.39 is 0 Å². The van der Waals surface area contributed by atoms with Gasteiger partial charge >= 0.3 is 0 Å². The van der Waals surface area contributed by atoms with E-state index in [4.69, 9.17) is 14.2 Å². The van der Waals surface area contributed by atoms with Gasteiger partial charge in [-0.05, 0) is 67.9 Å². The maximum Gasteiger partial charge on any atom is 0.263 e. The van der Waals surface area contributed by atoms with Crippen LogP contribution in [0.2, 0.25) is 0 Å². The van der Waals surface area contributed by atoms with E-state index >= 15 is 0 Å². The van der Waals surface area contributed by atoms with Gasteiger partial charge in [0.1, 0.15) is 22.8 Å². The molecular formula is C30H31N3O5S2. The van der Waals surface area contributed by atoms with Crippen LogP contribution < -0.4 is 24.8 Å². The number of thiazole rings is 1. The first-order valence-electron chi connectivity index (χ1n) is 12.7. The number of hydrogen-bond donors (Lipinski definition) is 2. The number of thioether (sulfide) groups is 1. The number of aromatic nitrogens is 1. The van der Waals surface area contributed by atoms with Gasteiger partial charge in [0.05, 0.1) is 31.8 Å². The third kappa shape index (κ3) is 7.13. The second kappa shape index (κ2) is 13.9. The molecule has 1 atom stereocenters. The molecule has 0 bridgehead atoms. The smallest absolute Gasteiger partial charge is 0.263 e. The molecule has 0 saturated carbocycles. The third-order valence-electron chi connectivity index (χ3n) is 5.88. The van der Waals surface area contributed by atoms with Gasteiger partial charge in [0.25, 0.3) is 5.91 Å². The minimum atomic E-state index is -0.353. The number of nitrogens with one attached hydrogen (secondary N) is 2. The fraction of sp³-hybridized carbons (Fsp3) is 0.233. The molecule has 1 aromatic heterocycles. The van der Waals surface area contributed by atoms with Crippen LogP contribution in [0.25, 0.3) is 11.3 Å². The average Bonchev–Trinajstić information content (AvgIpc) is 3.44. The number of rotatable bonds is 12. The highest BCUT2D eigenvalue weighted by Gasteiger charge is 2.21. The van der Waals surface area contributed by atoms with Gasteiger partial charge in [-0.3, -0.25) is 9.59 Å². The summed E-state index contributed by atoms with van der Waals surface area (Å²) in [6, 6.07) is 20.3. The molecule has 208 valence electrons. The van der Waals surface area contributed by atoms with E-state index in [2.05, 4.69) is 15.6 Å². The second-order valence-electron chi connectivity index (χ2n) is 8.52. The molecule has 4 aromatic rings. The minimum Gasteiger partial charge on any atom is -0.496 e. The van der Waals surface area contributed by atoms with Crippen molar-refractivity contribution >= 4 is 45.7 Å². The number of methoxy groups -OCH3 is 2. The van der Waals surface area contributed by atoms with E-state index in [0.29, 0.717) is 40.9 Å². The largest absolute Gasteiger partial charge is 0.496 e. The highest BCUT2D eigenvalue weighted by atomic mass is 32.2. The predicted molar refractivity (Wildman–Crippen MR) is 161 cm³/mol. The molecule has 0 aliphatic heterocycles. The predicted octanol–water partition coefficient (Wildman–Crippen LogP) is 6.99. The van der Waals surface area contributed by atoms with Crippen LogP contribution in [0.4, 0.5) is 10.8 Å². The van der Waals surface area contributed by atoms with E-state index in [9.17, 15) is 9.59 Å². The lowest BCUT2D eigenvalue weighted by Gasteiger charge is -2.15. The Bertz CT molecular complexity index is 1430. The molecule has 4 rings (SSSR count). The maximum atomic E-state index is 13.1. The SMILES string of the molecule is CCOc1ccc(-c2csc(NC(=O)C(CC)Sc3cccc(NC(=O)c4c(OC)cccc4OC)c3)n2)cc1. The van der Waals surface area contributed by atoms with E-state index in [1.807, 2.05) is 61.7 Å². The summed E-state index contributed by atoms with van der Waals surface area (Å²) < 4.78 is 16.2. The average molecular weight is 578 g/mol. The Morgan fingerprint density at radius 1 is 0.950 bits per heavy atom. The van der Waals surface area contributed by atoms with Crippen LogP contribution in [0, 0.1) is 0 Å². The number of benzene rings is 3. The Balaban J connectivity index is 1.41. The first-order chi connectivity index (χ1) is 19.4. The van der Waals surface area contributed by atoms with Crippen molar-refractivity contribution in [1.29, 1.82) is 0 Å². The van der Waals surface area contributed by atoms with Crippen molar-refractivity contribution in [3.8, 4) is 28.5 Å². The van der Waals surface area contributed by atoms with E-state index in [1.54, 1.807) is 24.3 Å². The Morgan fingerprint density at radius 2 is 1.65 bits per heavy atom. The molecule has 1 heterocycles. The molecule has 2 N–H and O–H groups in total. The number of carbonyl (C=O) groups is 2. The fourth-order valence-electron chi connectivity index (χ4n) is 3.94. The van der Waals surface area contributed by atoms with E-state index in [-0.39, 0.29) is 17.1 Å². The molecule has 0 fully saturated rings. The summed E-state index contributed by atoms with van der Waals surface area (Å²) in [5, 5.41) is 7.97. The van der Waals surface area contributed by atoms with Gasteiger partial charge in [-0.25, -0.2) is 4.98 Å². The van der Waals surface area contributed by atoms with Crippen LogP contribution in [-0.2, 0) is 4.79 Å². The Labute approximate surface area is 242 Å². The molecule has 1 unspecified atom stereocenters. The van der Waals surface area contributed by atoms with Crippen LogP contribution >= 0.6 is 23.1 Å². The second-order valence-corrected chi connectivity index (χ2v) is 10.7. The van der Waals surface area contributed by atoms with Crippen molar-refractivity contribution in [3.05, 3.63) is 77.7 Å². The Hall–Kier alpha value is -4.02. The summed E-state index contributed by atoms with van der Waals surface area (Å²) in [5.41, 5.74) is 2.65. The zero-order chi connectivity index (χ0) is 28.5. The van der Waals surface area contributed by atoms with Crippen molar-refractivity contribution in [2.24, 2.45) is 0 Å². The van der Waals surface area contributed by atoms with Gasteiger partial charge in [0.2, 0.25) is 5.91 Å². The summed E-state index contributed by atoms with van der Waals surface area (Å²) in [5.74, 6) is 1.15. The number of ether oxygens (including phenoxy) is 3. The monoisotopic (exact) mass is 577 g/mol. The van der Waals surface area contributed by atoms with Crippen molar-refractivity contribution in [2.45, 2.75) is 30.4 Å². The molecule has 2 amide bonds. The van der Waals surface area contributed by atoms with Gasteiger partial charge in [0.15, 0.2) is 5.13 Å². The van der Waals surface area contributed by atoms with Crippen molar-refractivity contribution in [1.82, 2.24) is 4.98 Å². The van der Waals surface area contributed by atoms with E-state index in [0.717, 1.165) is 21.9 Å². The highest BCUT2D eigenvalue weighted by molar-refractivity contribution is 8.00. The normalized spacial score (nSPS) is 11.4. The first-order valence-corrected chi connectivity index (χ1v) is 14.5. The molecular weight excluding hydrogens is 546 g/mol. The molecule has 8 nitrogen and oxygen atoms in total. The zero-order valence-corrected chi connectivity index (χ0v) is 24.4. The minimum absolute atomic E-state index is 0.131. The van der Waals surface area contributed by atoms with Crippen LogP contribution in [0.15, 0.2) is 77.0 Å². The molecule has 3 aromatic carbocycles. The van der Waals surface area contributed by atoms with Crippen molar-refractivity contribution in [2.75, 3.05) is 31.5 Å². The molecule has 0 aliphatic rings. The highest BCUT2D eigenvalue weighted by Crippen LogP contribution is 2.32. The van der Waals surface area contributed by atoms with Gasteiger partial charge < -0.3 is 24.8 Å². The van der Waals surface area contributed by atoms with Crippen LogP contribution in [0.5, 0.6) is 17.2 Å². The van der Waals surface area contributed by atoms with Gasteiger partial charge in [-0.2, -0.15) is 0 Å². The number of anilines is 2. The van der Waals surface area contributed by atoms with Gasteiger partial charge in [0, 0.05) is 21.5 Å². The van der Waals surface area contributed by atoms with Gasteiger partial charge in [-0.1, -0.05) is 19.1 Å². The van der Waals surface area contributed by atoms with Gasteiger partial charge in [-0.15, -0.1) is 23.1 Å². The summed E-state index contributed by atoms with van der Waals surface area (Å²) in [6.07, 6.45) is 0.614. The lowest BCUT2D eigenvalue weighted by Crippen LogP contribution is -2.24. The van der Waals surface area contributed by atoms with Crippen LogP contribution in [-0.4, -0.2) is 42.9 Å². The number of amides is 2. The molecule has 10 heteroatoms. The summed E-state index contributed by atoms with van der Waals surface area (Å²) in [4.78, 5) is 31.6. The third-order valence-corrected chi connectivity index (χ3v) is 8.00. The van der Waals surface area contributed by atoms with E-state index in [1.165, 1.54) is 37.3 Å². The maximum absolute atomic E-state index is 13.1. The molecule has 0 spiro atoms. The lowest BCUT2D eigenvalue weighted by atomic mass is 10.1. The molecule has 40 heavy (non-hydrogen) atoms. The Morgan fingerprint density at radius 3 is 2.30 bits per heavy atom. The number of hydrogen-bond acceptors (Lipinski definition) is 8. The zero-order valence-electron chi connectivity index (χ0n) is 22.7. The Kier molecular flexibility index (Phi) is 10.0. The first kappa shape index (κ1) is 29.0.